The van der Waals surface area contributed by atoms with Crippen molar-refractivity contribution < 1.29 is 19.2 Å². The fourth-order valence-corrected chi connectivity index (χ4v) is 8.05. The van der Waals surface area contributed by atoms with Crippen molar-refractivity contribution in [3.05, 3.63) is 57.0 Å². The van der Waals surface area contributed by atoms with Crippen molar-refractivity contribution in [1.29, 1.82) is 0 Å². The third-order valence-corrected chi connectivity index (χ3v) is 11.9. The second kappa shape index (κ2) is 26.1. The lowest BCUT2D eigenvalue weighted by molar-refractivity contribution is -0.122. The highest BCUT2D eigenvalue weighted by atomic mass is 79.9. The Bertz CT molecular complexity index is 1240. The van der Waals surface area contributed by atoms with Crippen molar-refractivity contribution >= 4 is 78.8 Å². The summed E-state index contributed by atoms with van der Waals surface area (Å²) in [6.07, 6.45) is 18.6. The van der Waals surface area contributed by atoms with E-state index in [0.29, 0.717) is 24.0 Å². The molecule has 2 aromatic rings. The van der Waals surface area contributed by atoms with E-state index < -0.39 is 12.1 Å². The Morgan fingerprint density at radius 1 is 0.600 bits per heavy atom. The Morgan fingerprint density at radius 2 is 0.960 bits per heavy atom. The number of rotatable bonds is 27. The summed E-state index contributed by atoms with van der Waals surface area (Å²) < 4.78 is 1.46. The lowest BCUT2D eigenvalue weighted by Crippen LogP contribution is -2.45. The minimum atomic E-state index is -0.482. The maximum absolute atomic E-state index is 13.0. The van der Waals surface area contributed by atoms with Crippen LogP contribution in [0, 0.1) is 11.8 Å². The molecule has 0 aliphatic carbocycles. The smallest absolute Gasteiger partial charge is 0.253 e. The molecule has 4 unspecified atom stereocenters. The number of pyridine rings is 2. The largest absolute Gasteiger partial charge is 0.342 e. The standard InChI is InChI=1S/C38H56Br2N4O4S2/c1-5-27(3)35(43-37(47)29-21-31(39)25-41-23-29)33(45)15-19-49-17-13-11-9-7-8-10-12-14-18-50-20-16-34(46)36(28(4)6-2)44-38(48)30-22-32(40)26-42-24-30/h21-28,35-36H,5-20H2,1-4H3,(H,43,47)(H,44,48). The van der Waals surface area contributed by atoms with Gasteiger partial charge in [0, 0.05) is 58.1 Å². The second-order valence-electron chi connectivity index (χ2n) is 12.9. The zero-order chi connectivity index (χ0) is 36.7. The second-order valence-corrected chi connectivity index (χ2v) is 17.2. The van der Waals surface area contributed by atoms with Gasteiger partial charge in [-0.25, -0.2) is 0 Å². The van der Waals surface area contributed by atoms with Gasteiger partial charge < -0.3 is 10.6 Å². The van der Waals surface area contributed by atoms with Crippen LogP contribution in [0.3, 0.4) is 0 Å². The number of hydrogen-bond donors (Lipinski definition) is 2. The summed E-state index contributed by atoms with van der Waals surface area (Å²) in [5, 5.41) is 5.90. The molecule has 2 aromatic heterocycles. The molecule has 4 atom stereocenters. The van der Waals surface area contributed by atoms with Crippen LogP contribution in [0.15, 0.2) is 45.9 Å². The van der Waals surface area contributed by atoms with Gasteiger partial charge >= 0.3 is 0 Å². The molecule has 0 fully saturated rings. The maximum atomic E-state index is 13.0. The zero-order valence-electron chi connectivity index (χ0n) is 30.2. The van der Waals surface area contributed by atoms with Crippen molar-refractivity contribution in [3.63, 3.8) is 0 Å². The summed E-state index contributed by atoms with van der Waals surface area (Å²) in [6.45, 7) is 8.11. The van der Waals surface area contributed by atoms with Gasteiger partial charge in [0.15, 0.2) is 11.6 Å². The van der Waals surface area contributed by atoms with Crippen LogP contribution < -0.4 is 10.6 Å². The molecule has 2 amide bonds. The van der Waals surface area contributed by atoms with Crippen molar-refractivity contribution in [2.24, 2.45) is 11.8 Å². The molecule has 50 heavy (non-hydrogen) atoms. The summed E-state index contributed by atoms with van der Waals surface area (Å²) >= 11 is 10.3. The molecule has 0 bridgehead atoms. The van der Waals surface area contributed by atoms with Crippen molar-refractivity contribution in [2.45, 2.75) is 117 Å². The molecule has 2 heterocycles. The lowest BCUT2D eigenvalue weighted by atomic mass is 9.94. The lowest BCUT2D eigenvalue weighted by Gasteiger charge is -2.23. The number of halogens is 2. The molecule has 0 aliphatic rings. The average Bonchev–Trinajstić information content (AvgIpc) is 3.11. The van der Waals surface area contributed by atoms with Crippen LogP contribution in [0.25, 0.3) is 0 Å². The van der Waals surface area contributed by atoms with E-state index in [2.05, 4.69) is 52.5 Å². The van der Waals surface area contributed by atoms with Gasteiger partial charge in [-0.2, -0.15) is 23.5 Å². The predicted molar refractivity (Wildman–Crippen MR) is 216 cm³/mol. The van der Waals surface area contributed by atoms with Crippen molar-refractivity contribution in [2.75, 3.05) is 23.0 Å². The van der Waals surface area contributed by atoms with E-state index in [9.17, 15) is 19.2 Å². The highest BCUT2D eigenvalue weighted by Gasteiger charge is 2.27. The Morgan fingerprint density at radius 3 is 1.30 bits per heavy atom. The van der Waals surface area contributed by atoms with Gasteiger partial charge in [-0.1, -0.05) is 79.1 Å². The number of nitrogens with one attached hydrogen (secondary N) is 2. The maximum Gasteiger partial charge on any atom is 0.253 e. The number of amides is 2. The first kappa shape index (κ1) is 44.4. The number of unbranched alkanes of at least 4 members (excludes halogenated alkanes) is 7. The van der Waals surface area contributed by atoms with Crippen LogP contribution >= 0.6 is 55.4 Å². The molecule has 8 nitrogen and oxygen atoms in total. The minimum absolute atomic E-state index is 0.0719. The fraction of sp³-hybridized carbons (Fsp3) is 0.632. The van der Waals surface area contributed by atoms with Gasteiger partial charge in [-0.15, -0.1) is 0 Å². The van der Waals surface area contributed by atoms with Crippen LogP contribution in [0.5, 0.6) is 0 Å². The highest BCUT2D eigenvalue weighted by Crippen LogP contribution is 2.19. The van der Waals surface area contributed by atoms with E-state index in [0.717, 1.165) is 44.8 Å². The van der Waals surface area contributed by atoms with Crippen molar-refractivity contribution in [3.8, 4) is 0 Å². The van der Waals surface area contributed by atoms with Crippen LogP contribution in [-0.2, 0) is 9.59 Å². The Kier molecular flexibility index (Phi) is 23.2. The highest BCUT2D eigenvalue weighted by molar-refractivity contribution is 9.10. The number of carbonyl (C=O) groups is 4. The Balaban J connectivity index is 1.49. The minimum Gasteiger partial charge on any atom is -0.342 e. The fourth-order valence-electron chi connectivity index (χ4n) is 5.40. The number of thioether (sulfide) groups is 2. The summed E-state index contributed by atoms with van der Waals surface area (Å²) in [4.78, 5) is 59.5. The van der Waals surface area contributed by atoms with E-state index in [-0.39, 0.29) is 35.2 Å². The zero-order valence-corrected chi connectivity index (χ0v) is 35.0. The first-order valence-corrected chi connectivity index (χ1v) is 22.0. The van der Waals surface area contributed by atoms with Crippen LogP contribution in [0.4, 0.5) is 0 Å². The third kappa shape index (κ3) is 17.6. The van der Waals surface area contributed by atoms with Gasteiger partial charge in [-0.3, -0.25) is 29.1 Å². The summed E-state index contributed by atoms with van der Waals surface area (Å²) in [6, 6.07) is 2.46. The summed E-state index contributed by atoms with van der Waals surface area (Å²) in [5.74, 6) is 3.50. The van der Waals surface area contributed by atoms with Gasteiger partial charge in [0.1, 0.15) is 0 Å². The monoisotopic (exact) mass is 854 g/mol. The van der Waals surface area contributed by atoms with E-state index in [4.69, 9.17) is 0 Å². The van der Waals surface area contributed by atoms with E-state index >= 15 is 0 Å². The quantitative estimate of drug-likeness (QED) is 0.0854. The molecule has 0 saturated heterocycles. The van der Waals surface area contributed by atoms with Gasteiger partial charge in [0.2, 0.25) is 0 Å². The average molecular weight is 857 g/mol. The number of nitrogens with zero attached hydrogens (tertiary/aromatic N) is 2. The third-order valence-electron chi connectivity index (χ3n) is 8.94. The topological polar surface area (TPSA) is 118 Å². The van der Waals surface area contributed by atoms with Crippen molar-refractivity contribution in [1.82, 2.24) is 20.6 Å². The van der Waals surface area contributed by atoms with Gasteiger partial charge in [0.05, 0.1) is 23.2 Å². The molecule has 2 N–H and O–H groups in total. The molecular formula is C38H56Br2N4O4S2. The molecule has 0 saturated carbocycles. The predicted octanol–water partition coefficient (Wildman–Crippen LogP) is 9.50. The van der Waals surface area contributed by atoms with Crippen LogP contribution in [-0.4, -0.2) is 68.4 Å². The number of carbonyl (C=O) groups excluding carboxylic acids is 4. The van der Waals surface area contributed by atoms with Crippen LogP contribution in [0.1, 0.15) is 125 Å². The Labute approximate surface area is 325 Å². The number of Topliss-reactive ketones (excluding diaryl/α,β-unsaturated/α-hetero) is 2. The van der Waals surface area contributed by atoms with E-state index in [1.165, 1.54) is 63.8 Å². The van der Waals surface area contributed by atoms with Gasteiger partial charge in [0.25, 0.3) is 11.8 Å². The molecular weight excluding hydrogens is 800 g/mol. The van der Waals surface area contributed by atoms with Gasteiger partial charge in [-0.05, 0) is 80.2 Å². The molecule has 0 radical (unpaired) electrons. The Hall–Kier alpha value is -1.76. The normalized spacial score (nSPS) is 13.6. The summed E-state index contributed by atoms with van der Waals surface area (Å²) in [5.41, 5.74) is 0.892. The first-order chi connectivity index (χ1) is 24.1. The molecule has 12 heteroatoms. The van der Waals surface area contributed by atoms with Crippen LogP contribution in [0.2, 0.25) is 0 Å². The number of ketones is 2. The molecule has 0 spiro atoms. The molecule has 0 aliphatic heterocycles. The number of hydrogen-bond acceptors (Lipinski definition) is 8. The van der Waals surface area contributed by atoms with E-state index in [1.807, 2.05) is 51.2 Å². The number of aromatic nitrogens is 2. The SMILES string of the molecule is CCC(C)C(NC(=O)c1cncc(Br)c1)C(=O)CCSCCCCCCCCCCSCCC(=O)C(NC(=O)c1cncc(Br)c1)C(C)CC. The van der Waals surface area contributed by atoms with E-state index in [1.54, 1.807) is 24.5 Å². The molecule has 2 rings (SSSR count). The molecule has 0 aromatic carbocycles. The first-order valence-electron chi connectivity index (χ1n) is 18.1. The summed E-state index contributed by atoms with van der Waals surface area (Å²) in [7, 11) is 0. The molecule has 278 valence electrons.